The van der Waals surface area contributed by atoms with Gasteiger partial charge in [-0.2, -0.15) is 0 Å². The third-order valence-corrected chi connectivity index (χ3v) is 3.09. The van der Waals surface area contributed by atoms with Gasteiger partial charge in [-0.15, -0.1) is 0 Å². The third-order valence-electron chi connectivity index (χ3n) is 3.09. The first-order valence-corrected chi connectivity index (χ1v) is 5.64. The van der Waals surface area contributed by atoms with Crippen molar-refractivity contribution in [3.8, 4) is 0 Å². The van der Waals surface area contributed by atoms with Crippen molar-refractivity contribution in [1.82, 2.24) is 15.1 Å². The summed E-state index contributed by atoms with van der Waals surface area (Å²) in [5, 5.41) is 11.6. The lowest BCUT2D eigenvalue weighted by molar-refractivity contribution is -0.141. The zero-order valence-electron chi connectivity index (χ0n) is 9.39. The van der Waals surface area contributed by atoms with E-state index in [1.165, 1.54) is 9.80 Å². The molecule has 1 unspecified atom stereocenters. The third kappa shape index (κ3) is 2.32. The van der Waals surface area contributed by atoms with Crippen LogP contribution in [0.5, 0.6) is 0 Å². The SMILES string of the molecule is O=C1CN(C(=O)N2CCCC2C(=O)O)CCN1. The van der Waals surface area contributed by atoms with E-state index in [1.54, 1.807) is 0 Å². The second kappa shape index (κ2) is 4.60. The number of carbonyl (C=O) groups excluding carboxylic acids is 2. The Morgan fingerprint density at radius 2 is 2.12 bits per heavy atom. The second-order valence-electron chi connectivity index (χ2n) is 4.24. The van der Waals surface area contributed by atoms with Gasteiger partial charge >= 0.3 is 12.0 Å². The van der Waals surface area contributed by atoms with Crippen LogP contribution in [0.3, 0.4) is 0 Å². The molecule has 0 aromatic carbocycles. The fraction of sp³-hybridized carbons (Fsp3) is 0.700. The lowest BCUT2D eigenvalue weighted by Gasteiger charge is -2.32. The van der Waals surface area contributed by atoms with E-state index in [0.29, 0.717) is 32.5 Å². The molecule has 2 aliphatic rings. The summed E-state index contributed by atoms with van der Waals surface area (Å²) in [6, 6.07) is -1.09. The van der Waals surface area contributed by atoms with E-state index in [9.17, 15) is 14.4 Å². The molecule has 7 heteroatoms. The van der Waals surface area contributed by atoms with Gasteiger partial charge in [0.05, 0.1) is 0 Å². The molecular formula is C10H15N3O4. The number of carbonyl (C=O) groups is 3. The van der Waals surface area contributed by atoms with Gasteiger partial charge in [0.2, 0.25) is 5.91 Å². The molecule has 2 aliphatic heterocycles. The summed E-state index contributed by atoms with van der Waals surface area (Å²) in [7, 11) is 0. The Bertz CT molecular complexity index is 357. The highest BCUT2D eigenvalue weighted by atomic mass is 16.4. The van der Waals surface area contributed by atoms with E-state index in [0.717, 1.165) is 0 Å². The number of aliphatic carboxylic acids is 1. The van der Waals surface area contributed by atoms with Gasteiger partial charge in [-0.25, -0.2) is 9.59 Å². The van der Waals surface area contributed by atoms with Gasteiger partial charge in [-0.05, 0) is 12.8 Å². The van der Waals surface area contributed by atoms with Gasteiger partial charge < -0.3 is 20.2 Å². The summed E-state index contributed by atoms with van der Waals surface area (Å²) < 4.78 is 0. The molecule has 0 saturated carbocycles. The summed E-state index contributed by atoms with van der Waals surface area (Å²) in [6.45, 7) is 1.33. The Morgan fingerprint density at radius 1 is 1.35 bits per heavy atom. The second-order valence-corrected chi connectivity index (χ2v) is 4.24. The molecule has 7 nitrogen and oxygen atoms in total. The first-order valence-electron chi connectivity index (χ1n) is 5.64. The average molecular weight is 241 g/mol. The van der Waals surface area contributed by atoms with Crippen molar-refractivity contribution in [2.75, 3.05) is 26.2 Å². The highest BCUT2D eigenvalue weighted by Gasteiger charge is 2.37. The van der Waals surface area contributed by atoms with Crippen LogP contribution in [0, 0.1) is 0 Å². The number of hydrogen-bond donors (Lipinski definition) is 2. The van der Waals surface area contributed by atoms with Crippen molar-refractivity contribution in [1.29, 1.82) is 0 Å². The summed E-state index contributed by atoms with van der Waals surface area (Å²) in [5.74, 6) is -1.17. The summed E-state index contributed by atoms with van der Waals surface area (Å²) in [6.07, 6.45) is 1.18. The Morgan fingerprint density at radius 3 is 2.76 bits per heavy atom. The van der Waals surface area contributed by atoms with Crippen LogP contribution in [0.25, 0.3) is 0 Å². The van der Waals surface area contributed by atoms with E-state index in [-0.39, 0.29) is 18.5 Å². The summed E-state index contributed by atoms with van der Waals surface area (Å²) in [5.41, 5.74) is 0. The smallest absolute Gasteiger partial charge is 0.326 e. The summed E-state index contributed by atoms with van der Waals surface area (Å²) >= 11 is 0. The van der Waals surface area contributed by atoms with Gasteiger partial charge in [-0.1, -0.05) is 0 Å². The Hall–Kier alpha value is -1.79. The lowest BCUT2D eigenvalue weighted by Crippen LogP contribution is -2.55. The molecule has 2 saturated heterocycles. The predicted molar refractivity (Wildman–Crippen MR) is 57.3 cm³/mol. The minimum Gasteiger partial charge on any atom is -0.480 e. The first-order chi connectivity index (χ1) is 8.09. The molecule has 2 N–H and O–H groups in total. The molecule has 2 fully saturated rings. The Balaban J connectivity index is 2.03. The number of carboxylic acid groups (broad SMARTS) is 1. The van der Waals surface area contributed by atoms with Crippen LogP contribution >= 0.6 is 0 Å². The maximum Gasteiger partial charge on any atom is 0.326 e. The zero-order valence-corrected chi connectivity index (χ0v) is 9.39. The molecule has 0 aromatic rings. The number of nitrogens with one attached hydrogen (secondary N) is 1. The van der Waals surface area contributed by atoms with Crippen molar-refractivity contribution < 1.29 is 19.5 Å². The zero-order chi connectivity index (χ0) is 12.4. The minimum atomic E-state index is -0.975. The Kier molecular flexibility index (Phi) is 3.16. The van der Waals surface area contributed by atoms with Crippen molar-refractivity contribution in [2.24, 2.45) is 0 Å². The molecule has 2 rings (SSSR count). The van der Waals surface area contributed by atoms with E-state index < -0.39 is 12.0 Å². The average Bonchev–Trinajstić information content (AvgIpc) is 2.77. The number of rotatable bonds is 1. The topological polar surface area (TPSA) is 90.0 Å². The van der Waals surface area contributed by atoms with Crippen LogP contribution in [-0.2, 0) is 9.59 Å². The standard InChI is InChI=1S/C10H15N3O4/c14-8-6-12(5-3-11-8)10(17)13-4-1-2-7(13)9(15)16/h7H,1-6H2,(H,11,14)(H,15,16). The Labute approximate surface area is 98.4 Å². The number of carboxylic acids is 1. The molecular weight excluding hydrogens is 226 g/mol. The number of hydrogen-bond acceptors (Lipinski definition) is 3. The normalized spacial score (nSPS) is 24.7. The van der Waals surface area contributed by atoms with Crippen molar-refractivity contribution in [3.05, 3.63) is 0 Å². The lowest BCUT2D eigenvalue weighted by atomic mass is 10.2. The maximum absolute atomic E-state index is 12.1. The quantitative estimate of drug-likeness (QED) is 0.621. The fourth-order valence-electron chi connectivity index (χ4n) is 2.24. The monoisotopic (exact) mass is 241 g/mol. The maximum atomic E-state index is 12.1. The van der Waals surface area contributed by atoms with E-state index in [2.05, 4.69) is 5.32 Å². The molecule has 0 radical (unpaired) electrons. The van der Waals surface area contributed by atoms with Gasteiger partial charge in [-0.3, -0.25) is 4.79 Å². The number of urea groups is 1. The molecule has 3 amide bonds. The van der Waals surface area contributed by atoms with Crippen molar-refractivity contribution >= 4 is 17.9 Å². The van der Waals surface area contributed by atoms with E-state index >= 15 is 0 Å². The molecule has 0 spiro atoms. The molecule has 1 atom stereocenters. The fourth-order valence-corrected chi connectivity index (χ4v) is 2.24. The van der Waals surface area contributed by atoms with Gasteiger partial charge in [0.1, 0.15) is 12.6 Å². The minimum absolute atomic E-state index is 0.0155. The van der Waals surface area contributed by atoms with Crippen molar-refractivity contribution in [2.45, 2.75) is 18.9 Å². The van der Waals surface area contributed by atoms with Gasteiger partial charge in [0.15, 0.2) is 0 Å². The van der Waals surface area contributed by atoms with Crippen LogP contribution in [0.2, 0.25) is 0 Å². The molecule has 0 aliphatic carbocycles. The number of nitrogens with zero attached hydrogens (tertiary/aromatic N) is 2. The highest BCUT2D eigenvalue weighted by Crippen LogP contribution is 2.19. The van der Waals surface area contributed by atoms with Crippen LogP contribution in [-0.4, -0.2) is 65.0 Å². The number of likely N-dealkylation sites (tertiary alicyclic amines) is 1. The van der Waals surface area contributed by atoms with Crippen LogP contribution < -0.4 is 5.32 Å². The first kappa shape index (κ1) is 11.7. The molecule has 17 heavy (non-hydrogen) atoms. The molecule has 0 aromatic heterocycles. The van der Waals surface area contributed by atoms with Crippen LogP contribution in [0.1, 0.15) is 12.8 Å². The molecule has 0 bridgehead atoms. The number of amides is 3. The van der Waals surface area contributed by atoms with Crippen molar-refractivity contribution in [3.63, 3.8) is 0 Å². The van der Waals surface area contributed by atoms with Crippen LogP contribution in [0.15, 0.2) is 0 Å². The largest absolute Gasteiger partial charge is 0.480 e. The van der Waals surface area contributed by atoms with Crippen LogP contribution in [0.4, 0.5) is 4.79 Å². The predicted octanol–water partition coefficient (Wildman–Crippen LogP) is -0.913. The number of piperazine rings is 1. The van der Waals surface area contributed by atoms with Gasteiger partial charge in [0, 0.05) is 19.6 Å². The summed E-state index contributed by atoms with van der Waals surface area (Å²) in [4.78, 5) is 37.0. The van der Waals surface area contributed by atoms with E-state index in [4.69, 9.17) is 5.11 Å². The van der Waals surface area contributed by atoms with E-state index in [1.807, 2.05) is 0 Å². The van der Waals surface area contributed by atoms with Gasteiger partial charge in [0.25, 0.3) is 0 Å². The highest BCUT2D eigenvalue weighted by molar-refractivity contribution is 5.87. The molecule has 2 heterocycles. The molecule has 94 valence electrons.